The monoisotopic (exact) mass is 267 g/mol. The molecule has 3 heteroatoms. The predicted octanol–water partition coefficient (Wildman–Crippen LogP) is 2.42. The molecule has 4 rings (SSSR count). The number of para-hydroxylation sites is 1. The second-order valence-corrected chi connectivity index (χ2v) is 6.09. The summed E-state index contributed by atoms with van der Waals surface area (Å²) in [4.78, 5) is 7.15. The molecule has 2 aromatic rings. The lowest BCUT2D eigenvalue weighted by molar-refractivity contribution is 0.118. The van der Waals surface area contributed by atoms with Gasteiger partial charge in [0.15, 0.2) is 0 Å². The van der Waals surface area contributed by atoms with Gasteiger partial charge in [0.2, 0.25) is 0 Å². The van der Waals surface area contributed by atoms with Gasteiger partial charge in [0, 0.05) is 30.7 Å². The van der Waals surface area contributed by atoms with E-state index in [2.05, 4.69) is 45.5 Å². The van der Waals surface area contributed by atoms with Crippen molar-refractivity contribution in [3.05, 3.63) is 42.1 Å². The van der Waals surface area contributed by atoms with Crippen molar-refractivity contribution in [1.82, 2.24) is 15.2 Å². The Balaban J connectivity index is 1.64. The molecular formula is C17H21N3. The van der Waals surface area contributed by atoms with Gasteiger partial charge in [0.25, 0.3) is 0 Å². The zero-order valence-corrected chi connectivity index (χ0v) is 11.8. The van der Waals surface area contributed by atoms with Gasteiger partial charge in [-0.3, -0.25) is 9.88 Å². The molecule has 3 heterocycles. The molecule has 2 aliphatic rings. The normalized spacial score (nSPS) is 26.8. The van der Waals surface area contributed by atoms with Gasteiger partial charge in [0.1, 0.15) is 0 Å². The number of rotatable bonds is 2. The zero-order valence-electron chi connectivity index (χ0n) is 11.8. The van der Waals surface area contributed by atoms with Crippen LogP contribution in [-0.2, 0) is 6.54 Å². The Labute approximate surface area is 120 Å². The first-order valence-corrected chi connectivity index (χ1v) is 7.69. The maximum absolute atomic E-state index is 4.47. The lowest BCUT2D eigenvalue weighted by Gasteiger charge is -2.37. The van der Waals surface area contributed by atoms with E-state index in [4.69, 9.17) is 0 Å². The van der Waals surface area contributed by atoms with E-state index in [-0.39, 0.29) is 0 Å². The highest BCUT2D eigenvalue weighted by atomic mass is 15.2. The van der Waals surface area contributed by atoms with Crippen molar-refractivity contribution in [3.63, 3.8) is 0 Å². The second kappa shape index (κ2) is 5.15. The standard InChI is InChI=1S/C17H21N3/c1-2-6-16-15(5-1)14(7-8-19-16)12-20-9-3-4-13-10-18-11-17(13)20/h1-2,5-8,13,17-18H,3-4,9-12H2. The van der Waals surface area contributed by atoms with Crippen molar-refractivity contribution in [2.75, 3.05) is 19.6 Å². The van der Waals surface area contributed by atoms with Gasteiger partial charge in [-0.15, -0.1) is 0 Å². The Morgan fingerprint density at radius 3 is 3.15 bits per heavy atom. The summed E-state index contributed by atoms with van der Waals surface area (Å²) >= 11 is 0. The number of aromatic nitrogens is 1. The van der Waals surface area contributed by atoms with Crippen LogP contribution < -0.4 is 5.32 Å². The van der Waals surface area contributed by atoms with Gasteiger partial charge in [-0.1, -0.05) is 18.2 Å². The minimum absolute atomic E-state index is 0.732. The highest BCUT2D eigenvalue weighted by Crippen LogP contribution is 2.28. The SMILES string of the molecule is c1ccc2c(CN3CCCC4CNCC43)ccnc2c1. The van der Waals surface area contributed by atoms with Gasteiger partial charge in [-0.25, -0.2) is 0 Å². The molecular weight excluding hydrogens is 246 g/mol. The van der Waals surface area contributed by atoms with Gasteiger partial charge >= 0.3 is 0 Å². The van der Waals surface area contributed by atoms with Crippen LogP contribution in [0, 0.1) is 5.92 Å². The van der Waals surface area contributed by atoms with Gasteiger partial charge in [0.05, 0.1) is 5.52 Å². The maximum Gasteiger partial charge on any atom is 0.0705 e. The maximum atomic E-state index is 4.47. The number of fused-ring (bicyclic) bond motifs is 2. The lowest BCUT2D eigenvalue weighted by atomic mass is 9.91. The molecule has 1 aromatic carbocycles. The number of hydrogen-bond acceptors (Lipinski definition) is 3. The number of piperidine rings is 1. The van der Waals surface area contributed by atoms with Crippen molar-refractivity contribution in [2.24, 2.45) is 5.92 Å². The fourth-order valence-corrected chi connectivity index (χ4v) is 3.87. The topological polar surface area (TPSA) is 28.2 Å². The third kappa shape index (κ3) is 2.11. The summed E-state index contributed by atoms with van der Waals surface area (Å²) in [5, 5.41) is 4.87. The van der Waals surface area contributed by atoms with Crippen molar-refractivity contribution in [2.45, 2.75) is 25.4 Å². The Morgan fingerprint density at radius 2 is 2.15 bits per heavy atom. The number of hydrogen-bond donors (Lipinski definition) is 1. The molecule has 0 bridgehead atoms. The molecule has 1 aromatic heterocycles. The molecule has 0 spiro atoms. The Kier molecular flexibility index (Phi) is 3.17. The lowest BCUT2D eigenvalue weighted by Crippen LogP contribution is -2.44. The summed E-state index contributed by atoms with van der Waals surface area (Å²) in [7, 11) is 0. The van der Waals surface area contributed by atoms with Crippen LogP contribution >= 0.6 is 0 Å². The first kappa shape index (κ1) is 12.3. The van der Waals surface area contributed by atoms with Crippen LogP contribution in [0.5, 0.6) is 0 Å². The first-order valence-electron chi connectivity index (χ1n) is 7.69. The summed E-state index contributed by atoms with van der Waals surface area (Å²) in [6, 6.07) is 11.4. The number of nitrogens with zero attached hydrogens (tertiary/aromatic N) is 2. The van der Waals surface area contributed by atoms with Gasteiger partial charge < -0.3 is 5.32 Å². The zero-order chi connectivity index (χ0) is 13.4. The minimum atomic E-state index is 0.732. The largest absolute Gasteiger partial charge is 0.315 e. The molecule has 104 valence electrons. The van der Waals surface area contributed by atoms with Crippen LogP contribution in [0.2, 0.25) is 0 Å². The molecule has 2 atom stereocenters. The Morgan fingerprint density at radius 1 is 1.20 bits per heavy atom. The molecule has 2 fully saturated rings. The van der Waals surface area contributed by atoms with E-state index >= 15 is 0 Å². The van der Waals surface area contributed by atoms with Gasteiger partial charge in [-0.05, 0) is 49.5 Å². The Hall–Kier alpha value is -1.45. The third-order valence-electron chi connectivity index (χ3n) is 4.91. The van der Waals surface area contributed by atoms with Gasteiger partial charge in [-0.2, -0.15) is 0 Å². The quantitative estimate of drug-likeness (QED) is 0.905. The van der Waals surface area contributed by atoms with Crippen molar-refractivity contribution in [3.8, 4) is 0 Å². The number of pyridine rings is 1. The third-order valence-corrected chi connectivity index (χ3v) is 4.91. The molecule has 2 aliphatic heterocycles. The summed E-state index contributed by atoms with van der Waals surface area (Å²) in [5.74, 6) is 0.858. The minimum Gasteiger partial charge on any atom is -0.315 e. The van der Waals surface area contributed by atoms with Crippen molar-refractivity contribution >= 4 is 10.9 Å². The van der Waals surface area contributed by atoms with Crippen LogP contribution in [0.1, 0.15) is 18.4 Å². The van der Waals surface area contributed by atoms with E-state index in [1.807, 2.05) is 6.20 Å². The molecule has 1 N–H and O–H groups in total. The van der Waals surface area contributed by atoms with Crippen LogP contribution in [-0.4, -0.2) is 35.6 Å². The summed E-state index contributed by atoms with van der Waals surface area (Å²) in [5.41, 5.74) is 2.53. The Bertz CT molecular complexity index is 605. The second-order valence-electron chi connectivity index (χ2n) is 6.09. The van der Waals surface area contributed by atoms with Crippen LogP contribution in [0.15, 0.2) is 36.5 Å². The van der Waals surface area contributed by atoms with E-state index in [0.717, 1.165) is 30.6 Å². The highest BCUT2D eigenvalue weighted by molar-refractivity contribution is 5.81. The smallest absolute Gasteiger partial charge is 0.0705 e. The average molecular weight is 267 g/mol. The van der Waals surface area contributed by atoms with Crippen molar-refractivity contribution in [1.29, 1.82) is 0 Å². The molecule has 0 radical (unpaired) electrons. The fraction of sp³-hybridized carbons (Fsp3) is 0.471. The molecule has 0 aliphatic carbocycles. The molecule has 3 nitrogen and oxygen atoms in total. The average Bonchev–Trinajstić information content (AvgIpc) is 2.97. The molecule has 2 saturated heterocycles. The molecule has 0 amide bonds. The summed E-state index contributed by atoms with van der Waals surface area (Å²) in [6.45, 7) is 4.66. The molecule has 2 unspecified atom stereocenters. The number of likely N-dealkylation sites (tertiary alicyclic amines) is 1. The number of benzene rings is 1. The first-order chi connectivity index (χ1) is 9.92. The summed E-state index contributed by atoms with van der Waals surface area (Å²) < 4.78 is 0. The highest BCUT2D eigenvalue weighted by Gasteiger charge is 2.34. The number of nitrogens with one attached hydrogen (secondary N) is 1. The van der Waals surface area contributed by atoms with E-state index in [0.29, 0.717) is 0 Å². The van der Waals surface area contributed by atoms with Crippen molar-refractivity contribution < 1.29 is 0 Å². The summed E-state index contributed by atoms with van der Waals surface area (Å²) in [6.07, 6.45) is 4.68. The predicted molar refractivity (Wildman–Crippen MR) is 81.5 cm³/mol. The molecule has 0 saturated carbocycles. The van der Waals surface area contributed by atoms with E-state index in [1.54, 1.807) is 0 Å². The van der Waals surface area contributed by atoms with Crippen LogP contribution in [0.3, 0.4) is 0 Å². The van der Waals surface area contributed by atoms with E-state index in [9.17, 15) is 0 Å². The van der Waals surface area contributed by atoms with Crippen LogP contribution in [0.4, 0.5) is 0 Å². The van der Waals surface area contributed by atoms with E-state index < -0.39 is 0 Å². The van der Waals surface area contributed by atoms with Crippen LogP contribution in [0.25, 0.3) is 10.9 Å². The fourth-order valence-electron chi connectivity index (χ4n) is 3.87. The van der Waals surface area contributed by atoms with E-state index in [1.165, 1.54) is 36.9 Å². The molecule has 20 heavy (non-hydrogen) atoms.